The van der Waals surface area contributed by atoms with E-state index in [2.05, 4.69) is 10.6 Å². The molecule has 210 valence electrons. The van der Waals surface area contributed by atoms with E-state index in [1.807, 2.05) is 78.9 Å². The minimum absolute atomic E-state index is 0.0456. The number of ether oxygens (including phenoxy) is 1. The van der Waals surface area contributed by atoms with Crippen molar-refractivity contribution in [2.24, 2.45) is 0 Å². The fourth-order valence-corrected chi connectivity index (χ4v) is 5.04. The molecular formula is C31H29N3O7. The van der Waals surface area contributed by atoms with Gasteiger partial charge in [-0.2, -0.15) is 0 Å². The van der Waals surface area contributed by atoms with Gasteiger partial charge in [-0.3, -0.25) is 14.4 Å². The fraction of sp³-hybridized carbons (Fsp3) is 0.258. The van der Waals surface area contributed by atoms with Crippen LogP contribution in [0.4, 0.5) is 4.79 Å². The molecule has 3 aromatic rings. The number of alkyl carbamates (subject to hydrolysis) is 1. The molecule has 1 aliphatic heterocycles. The highest BCUT2D eigenvalue weighted by molar-refractivity contribution is 6.02. The standard InChI is InChI=1S/C31H29N3O7/c1-19(30(38)41-34-27(35)15-16-28(34)36)32-29(37)26(17-20-9-3-2-4-10-20)33-31(39)40-18-25-23-13-7-5-11-21(23)22-12-6-8-14-24(22)25/h2-14,19,25-26H,15-18H2,1H3,(H,32,37)(H,33,39)/t19-,26+/m1/s1. The molecule has 0 bridgehead atoms. The van der Waals surface area contributed by atoms with Crippen LogP contribution < -0.4 is 10.6 Å². The highest BCUT2D eigenvalue weighted by Crippen LogP contribution is 2.44. The highest BCUT2D eigenvalue weighted by atomic mass is 16.7. The quantitative estimate of drug-likeness (QED) is 0.388. The number of fused-ring (bicyclic) bond motifs is 3. The Morgan fingerprint density at radius 2 is 1.39 bits per heavy atom. The number of imide groups is 1. The normalized spacial score (nSPS) is 15.5. The Morgan fingerprint density at radius 1 is 0.829 bits per heavy atom. The van der Waals surface area contributed by atoms with Gasteiger partial charge in [0, 0.05) is 25.2 Å². The summed E-state index contributed by atoms with van der Waals surface area (Å²) in [5.74, 6) is -3.05. The first-order valence-corrected chi connectivity index (χ1v) is 13.3. The third-order valence-electron chi connectivity index (χ3n) is 7.13. The van der Waals surface area contributed by atoms with Gasteiger partial charge in [0.2, 0.25) is 5.91 Å². The van der Waals surface area contributed by atoms with Gasteiger partial charge in [-0.25, -0.2) is 9.59 Å². The van der Waals surface area contributed by atoms with Gasteiger partial charge in [-0.1, -0.05) is 78.9 Å². The average Bonchev–Trinajstić information content (AvgIpc) is 3.47. The van der Waals surface area contributed by atoms with Crippen LogP contribution in [0.15, 0.2) is 78.9 Å². The first kappa shape index (κ1) is 27.6. The highest BCUT2D eigenvalue weighted by Gasteiger charge is 2.35. The molecule has 0 saturated carbocycles. The molecule has 2 atom stereocenters. The van der Waals surface area contributed by atoms with E-state index in [9.17, 15) is 24.0 Å². The molecule has 3 aromatic carbocycles. The Bertz CT molecular complexity index is 1430. The molecule has 1 aliphatic carbocycles. The van der Waals surface area contributed by atoms with Gasteiger partial charge < -0.3 is 20.2 Å². The molecule has 4 amide bonds. The van der Waals surface area contributed by atoms with E-state index in [1.54, 1.807) is 0 Å². The summed E-state index contributed by atoms with van der Waals surface area (Å²) in [7, 11) is 0. The van der Waals surface area contributed by atoms with Crippen LogP contribution in [-0.2, 0) is 35.2 Å². The molecule has 5 rings (SSSR count). The maximum absolute atomic E-state index is 13.2. The van der Waals surface area contributed by atoms with Crippen molar-refractivity contribution in [2.75, 3.05) is 6.61 Å². The van der Waals surface area contributed by atoms with Crippen molar-refractivity contribution in [2.45, 2.75) is 44.2 Å². The monoisotopic (exact) mass is 555 g/mol. The summed E-state index contributed by atoms with van der Waals surface area (Å²) in [6, 6.07) is 22.7. The lowest BCUT2D eigenvalue weighted by Gasteiger charge is -2.22. The summed E-state index contributed by atoms with van der Waals surface area (Å²) in [5, 5.41) is 5.54. The van der Waals surface area contributed by atoms with E-state index >= 15 is 0 Å². The predicted octanol–water partition coefficient (Wildman–Crippen LogP) is 3.25. The number of hydrogen-bond donors (Lipinski definition) is 2. The molecule has 1 fully saturated rings. The number of rotatable bonds is 9. The van der Waals surface area contributed by atoms with E-state index in [4.69, 9.17) is 9.57 Å². The van der Waals surface area contributed by atoms with Crippen LogP contribution in [0.25, 0.3) is 11.1 Å². The fourth-order valence-electron chi connectivity index (χ4n) is 5.04. The first-order chi connectivity index (χ1) is 19.8. The smallest absolute Gasteiger partial charge is 0.407 e. The van der Waals surface area contributed by atoms with E-state index in [-0.39, 0.29) is 31.8 Å². The average molecular weight is 556 g/mol. The molecule has 1 heterocycles. The van der Waals surface area contributed by atoms with Gasteiger partial charge in [0.15, 0.2) is 0 Å². The Balaban J connectivity index is 1.24. The number of carbonyl (C=O) groups is 5. The van der Waals surface area contributed by atoms with Gasteiger partial charge >= 0.3 is 12.1 Å². The van der Waals surface area contributed by atoms with Crippen LogP contribution >= 0.6 is 0 Å². The van der Waals surface area contributed by atoms with E-state index in [0.717, 1.165) is 27.8 Å². The zero-order valence-electron chi connectivity index (χ0n) is 22.4. The van der Waals surface area contributed by atoms with Crippen molar-refractivity contribution < 1.29 is 33.5 Å². The zero-order valence-corrected chi connectivity index (χ0v) is 22.4. The van der Waals surface area contributed by atoms with Gasteiger partial charge in [-0.15, -0.1) is 5.06 Å². The van der Waals surface area contributed by atoms with Crippen LogP contribution in [0.3, 0.4) is 0 Å². The summed E-state index contributed by atoms with van der Waals surface area (Å²) in [6.45, 7) is 1.43. The SMILES string of the molecule is C[C@@H](NC(=O)[C@H](Cc1ccccc1)NC(=O)OCC1c2ccccc2-c2ccccc21)C(=O)ON1C(=O)CCC1=O. The van der Waals surface area contributed by atoms with E-state index in [0.29, 0.717) is 5.06 Å². The Morgan fingerprint density at radius 3 is 2.00 bits per heavy atom. The third kappa shape index (κ3) is 6.11. The molecule has 10 nitrogen and oxygen atoms in total. The molecule has 0 radical (unpaired) electrons. The third-order valence-corrected chi connectivity index (χ3v) is 7.13. The van der Waals surface area contributed by atoms with Crippen LogP contribution in [0.5, 0.6) is 0 Å². The maximum Gasteiger partial charge on any atom is 0.407 e. The summed E-state index contributed by atoms with van der Waals surface area (Å²) < 4.78 is 5.62. The van der Waals surface area contributed by atoms with Crippen molar-refractivity contribution >= 4 is 29.8 Å². The van der Waals surface area contributed by atoms with Crippen molar-refractivity contribution in [1.29, 1.82) is 0 Å². The predicted molar refractivity (Wildman–Crippen MR) is 147 cm³/mol. The first-order valence-electron chi connectivity index (χ1n) is 13.3. The number of benzene rings is 3. The van der Waals surface area contributed by atoms with Crippen molar-refractivity contribution in [3.63, 3.8) is 0 Å². The number of carbonyl (C=O) groups excluding carboxylic acids is 5. The molecule has 0 unspecified atom stereocenters. The van der Waals surface area contributed by atoms with Gasteiger partial charge in [0.1, 0.15) is 18.7 Å². The van der Waals surface area contributed by atoms with Crippen LogP contribution in [0.2, 0.25) is 0 Å². The number of hydroxylamine groups is 2. The lowest BCUT2D eigenvalue weighted by Crippen LogP contribution is -2.52. The second-order valence-corrected chi connectivity index (χ2v) is 9.93. The van der Waals surface area contributed by atoms with Crippen LogP contribution in [0.1, 0.15) is 42.4 Å². The number of amides is 4. The number of nitrogens with zero attached hydrogens (tertiary/aromatic N) is 1. The zero-order chi connectivity index (χ0) is 28.9. The minimum atomic E-state index is -1.20. The van der Waals surface area contributed by atoms with Crippen molar-refractivity contribution in [3.8, 4) is 11.1 Å². The van der Waals surface area contributed by atoms with Crippen molar-refractivity contribution in [3.05, 3.63) is 95.6 Å². The molecule has 41 heavy (non-hydrogen) atoms. The topological polar surface area (TPSA) is 131 Å². The Hall–Kier alpha value is -4.99. The van der Waals surface area contributed by atoms with Gasteiger partial charge in [-0.05, 0) is 34.7 Å². The summed E-state index contributed by atoms with van der Waals surface area (Å²) >= 11 is 0. The van der Waals surface area contributed by atoms with Crippen LogP contribution in [0, 0.1) is 0 Å². The lowest BCUT2D eigenvalue weighted by atomic mass is 9.98. The second-order valence-electron chi connectivity index (χ2n) is 9.93. The molecule has 2 N–H and O–H groups in total. The summed E-state index contributed by atoms with van der Waals surface area (Å²) in [5.41, 5.74) is 5.08. The van der Waals surface area contributed by atoms with Crippen molar-refractivity contribution in [1.82, 2.24) is 15.7 Å². The molecular weight excluding hydrogens is 526 g/mol. The Labute approximate surface area is 236 Å². The number of hydrogen-bond acceptors (Lipinski definition) is 7. The van der Waals surface area contributed by atoms with E-state index < -0.39 is 41.9 Å². The molecule has 1 saturated heterocycles. The van der Waals surface area contributed by atoms with Gasteiger partial charge in [0.25, 0.3) is 11.8 Å². The summed E-state index contributed by atoms with van der Waals surface area (Å²) in [4.78, 5) is 67.1. The molecule has 10 heteroatoms. The number of nitrogens with one attached hydrogen (secondary N) is 2. The molecule has 2 aliphatic rings. The Kier molecular flexibility index (Phi) is 8.09. The summed E-state index contributed by atoms with van der Waals surface area (Å²) in [6.07, 6.45) is -0.750. The second kappa shape index (κ2) is 12.0. The maximum atomic E-state index is 13.2. The molecule has 0 aromatic heterocycles. The largest absolute Gasteiger partial charge is 0.449 e. The molecule has 0 spiro atoms. The minimum Gasteiger partial charge on any atom is -0.449 e. The van der Waals surface area contributed by atoms with Crippen LogP contribution in [-0.4, -0.2) is 53.5 Å². The lowest BCUT2D eigenvalue weighted by molar-refractivity contribution is -0.198. The van der Waals surface area contributed by atoms with E-state index in [1.165, 1.54) is 6.92 Å². The van der Waals surface area contributed by atoms with Gasteiger partial charge in [0.05, 0.1) is 0 Å².